The Kier molecular flexibility index (Phi) is 4.97. The summed E-state index contributed by atoms with van der Waals surface area (Å²) in [5.74, 6) is 1.71. The molecule has 0 aromatic carbocycles. The first-order chi connectivity index (χ1) is 6.74. The summed E-state index contributed by atoms with van der Waals surface area (Å²) in [5.41, 5.74) is 5.32. The number of hydrogen-bond donors (Lipinski definition) is 1. The van der Waals surface area contributed by atoms with Crippen molar-refractivity contribution < 1.29 is 9.59 Å². The minimum Gasteiger partial charge on any atom is -0.341 e. The normalized spacial score (nSPS) is 17.2. The number of nitrogens with two attached hydrogens (primary N) is 1. The van der Waals surface area contributed by atoms with Crippen LogP contribution >= 0.6 is 11.8 Å². The van der Waals surface area contributed by atoms with E-state index in [2.05, 4.69) is 0 Å². The van der Waals surface area contributed by atoms with Gasteiger partial charge in [-0.15, -0.1) is 0 Å². The Morgan fingerprint density at radius 1 is 1.43 bits per heavy atom. The monoisotopic (exact) mass is 216 g/mol. The topological polar surface area (TPSA) is 63.4 Å². The number of ketones is 1. The number of likely N-dealkylation sites (tertiary alicyclic amines) is 1. The van der Waals surface area contributed by atoms with Crippen LogP contribution in [0, 0.1) is 0 Å². The molecule has 1 saturated heterocycles. The second-order valence-electron chi connectivity index (χ2n) is 3.26. The fourth-order valence-electron chi connectivity index (χ4n) is 1.34. The highest BCUT2D eigenvalue weighted by Gasteiger charge is 2.19. The second kappa shape index (κ2) is 6.03. The van der Waals surface area contributed by atoms with Crippen molar-refractivity contribution in [2.45, 2.75) is 12.8 Å². The van der Waals surface area contributed by atoms with Gasteiger partial charge in [-0.05, 0) is 0 Å². The number of amides is 1. The average Bonchev–Trinajstić information content (AvgIpc) is 2.19. The molecule has 0 aliphatic carbocycles. The van der Waals surface area contributed by atoms with Crippen LogP contribution < -0.4 is 5.73 Å². The van der Waals surface area contributed by atoms with Gasteiger partial charge in [-0.1, -0.05) is 0 Å². The van der Waals surface area contributed by atoms with Crippen molar-refractivity contribution in [1.29, 1.82) is 0 Å². The molecule has 0 spiro atoms. The average molecular weight is 216 g/mol. The first-order valence-corrected chi connectivity index (χ1v) is 5.97. The third-order valence-corrected chi connectivity index (χ3v) is 3.14. The van der Waals surface area contributed by atoms with Crippen molar-refractivity contribution in [2.24, 2.45) is 5.73 Å². The van der Waals surface area contributed by atoms with E-state index < -0.39 is 0 Å². The highest BCUT2D eigenvalue weighted by molar-refractivity contribution is 7.99. The molecule has 1 heterocycles. The summed E-state index contributed by atoms with van der Waals surface area (Å²) in [5, 5.41) is 0. The van der Waals surface area contributed by atoms with Crippen LogP contribution in [0.2, 0.25) is 0 Å². The fraction of sp³-hybridized carbons (Fsp3) is 0.778. The highest BCUT2D eigenvalue weighted by Crippen LogP contribution is 2.08. The molecule has 1 aliphatic rings. The van der Waals surface area contributed by atoms with Gasteiger partial charge in [0.05, 0.1) is 5.75 Å². The lowest BCUT2D eigenvalue weighted by Gasteiger charge is -2.25. The summed E-state index contributed by atoms with van der Waals surface area (Å²) in [4.78, 5) is 24.2. The third-order valence-electron chi connectivity index (χ3n) is 2.16. The smallest absolute Gasteiger partial charge is 0.232 e. The number of hydrogen-bond acceptors (Lipinski definition) is 4. The van der Waals surface area contributed by atoms with Crippen molar-refractivity contribution in [3.05, 3.63) is 0 Å². The van der Waals surface area contributed by atoms with Gasteiger partial charge in [0.15, 0.2) is 0 Å². The SMILES string of the molecule is NCCSCC(=O)N1CCC(=O)CC1. The molecule has 14 heavy (non-hydrogen) atoms. The first kappa shape index (κ1) is 11.5. The molecule has 5 heteroatoms. The summed E-state index contributed by atoms with van der Waals surface area (Å²) >= 11 is 1.55. The Hall–Kier alpha value is -0.550. The summed E-state index contributed by atoms with van der Waals surface area (Å²) in [6.45, 7) is 1.80. The minimum absolute atomic E-state index is 0.135. The first-order valence-electron chi connectivity index (χ1n) is 4.81. The molecule has 1 fully saturated rings. The zero-order valence-electron chi connectivity index (χ0n) is 8.20. The van der Waals surface area contributed by atoms with E-state index in [4.69, 9.17) is 5.73 Å². The second-order valence-corrected chi connectivity index (χ2v) is 4.37. The number of piperidine rings is 1. The van der Waals surface area contributed by atoms with E-state index in [1.807, 2.05) is 0 Å². The molecule has 1 aliphatic heterocycles. The molecule has 2 N–H and O–H groups in total. The molecule has 80 valence electrons. The van der Waals surface area contributed by atoms with Crippen LogP contribution in [0.5, 0.6) is 0 Å². The van der Waals surface area contributed by atoms with E-state index in [0.717, 1.165) is 5.75 Å². The van der Waals surface area contributed by atoms with E-state index in [9.17, 15) is 9.59 Å². The van der Waals surface area contributed by atoms with Gasteiger partial charge < -0.3 is 10.6 Å². The maximum atomic E-state index is 11.5. The molecule has 1 rings (SSSR count). The number of nitrogens with zero attached hydrogens (tertiary/aromatic N) is 1. The standard InChI is InChI=1S/C9H16N2O2S/c10-3-6-14-7-9(13)11-4-1-8(12)2-5-11/h1-7,10H2. The molecule has 0 saturated carbocycles. The van der Waals surface area contributed by atoms with Crippen LogP contribution in [-0.2, 0) is 9.59 Å². The predicted octanol–water partition coefficient (Wildman–Crippen LogP) is -0.130. The van der Waals surface area contributed by atoms with Gasteiger partial charge in [-0.25, -0.2) is 0 Å². The van der Waals surface area contributed by atoms with E-state index >= 15 is 0 Å². The third kappa shape index (κ3) is 3.67. The predicted molar refractivity (Wildman–Crippen MR) is 57.2 cm³/mol. The van der Waals surface area contributed by atoms with E-state index in [1.165, 1.54) is 0 Å². The molecular formula is C9H16N2O2S. The maximum absolute atomic E-state index is 11.5. The number of rotatable bonds is 4. The number of carbonyl (C=O) groups is 2. The Balaban J connectivity index is 2.20. The van der Waals surface area contributed by atoms with Gasteiger partial charge in [-0.2, -0.15) is 11.8 Å². The molecular weight excluding hydrogens is 200 g/mol. The van der Waals surface area contributed by atoms with Crippen LogP contribution in [0.1, 0.15) is 12.8 Å². The van der Waals surface area contributed by atoms with Gasteiger partial charge in [0.1, 0.15) is 5.78 Å². The largest absolute Gasteiger partial charge is 0.341 e. The summed E-state index contributed by atoms with van der Waals surface area (Å²) in [7, 11) is 0. The molecule has 1 amide bonds. The molecule has 4 nitrogen and oxygen atoms in total. The van der Waals surface area contributed by atoms with Crippen LogP contribution in [0.25, 0.3) is 0 Å². The fourth-order valence-corrected chi connectivity index (χ4v) is 2.01. The molecule has 0 aromatic rings. The molecule has 0 bridgehead atoms. The Morgan fingerprint density at radius 3 is 2.64 bits per heavy atom. The lowest BCUT2D eigenvalue weighted by molar-refractivity contribution is -0.132. The number of carbonyl (C=O) groups excluding carboxylic acids is 2. The number of Topliss-reactive ketones (excluding diaryl/α,β-unsaturated/α-hetero) is 1. The van der Waals surface area contributed by atoms with Crippen molar-refractivity contribution in [3.63, 3.8) is 0 Å². The van der Waals surface area contributed by atoms with Crippen molar-refractivity contribution in [2.75, 3.05) is 31.1 Å². The molecule has 0 atom stereocenters. The lowest BCUT2D eigenvalue weighted by atomic mass is 10.1. The molecule has 0 aromatic heterocycles. The van der Waals surface area contributed by atoms with Gasteiger partial charge in [0.2, 0.25) is 5.91 Å². The van der Waals surface area contributed by atoms with Crippen molar-refractivity contribution >= 4 is 23.5 Å². The van der Waals surface area contributed by atoms with Crippen LogP contribution in [0.3, 0.4) is 0 Å². The van der Waals surface area contributed by atoms with Crippen LogP contribution in [0.15, 0.2) is 0 Å². The Bertz CT molecular complexity index is 211. The van der Waals surface area contributed by atoms with Crippen LogP contribution in [0.4, 0.5) is 0 Å². The minimum atomic E-state index is 0.135. The maximum Gasteiger partial charge on any atom is 0.232 e. The van der Waals surface area contributed by atoms with Gasteiger partial charge in [-0.3, -0.25) is 9.59 Å². The van der Waals surface area contributed by atoms with Crippen LogP contribution in [-0.4, -0.2) is 47.7 Å². The lowest BCUT2D eigenvalue weighted by Crippen LogP contribution is -2.39. The Labute approximate surface area is 88.2 Å². The summed E-state index contributed by atoms with van der Waals surface area (Å²) < 4.78 is 0. The quantitative estimate of drug-likeness (QED) is 0.665. The number of thioether (sulfide) groups is 1. The Morgan fingerprint density at radius 2 is 2.07 bits per heavy atom. The highest BCUT2D eigenvalue weighted by atomic mass is 32.2. The van der Waals surface area contributed by atoms with E-state index in [0.29, 0.717) is 38.2 Å². The zero-order chi connectivity index (χ0) is 10.4. The van der Waals surface area contributed by atoms with Gasteiger partial charge >= 0.3 is 0 Å². The van der Waals surface area contributed by atoms with Crippen molar-refractivity contribution in [1.82, 2.24) is 4.90 Å². The van der Waals surface area contributed by atoms with Gasteiger partial charge in [0, 0.05) is 38.2 Å². The zero-order valence-corrected chi connectivity index (χ0v) is 9.02. The summed E-state index contributed by atoms with van der Waals surface area (Å²) in [6, 6.07) is 0. The van der Waals surface area contributed by atoms with E-state index in [-0.39, 0.29) is 11.7 Å². The van der Waals surface area contributed by atoms with E-state index in [1.54, 1.807) is 16.7 Å². The summed E-state index contributed by atoms with van der Waals surface area (Å²) in [6.07, 6.45) is 1.04. The van der Waals surface area contributed by atoms with Gasteiger partial charge in [0.25, 0.3) is 0 Å². The molecule has 0 radical (unpaired) electrons. The van der Waals surface area contributed by atoms with Crippen molar-refractivity contribution in [3.8, 4) is 0 Å². The molecule has 0 unspecified atom stereocenters.